The number of aliphatic hydroxyl groups excluding tert-OH is 1. The number of carboxylic acids is 2. The lowest BCUT2D eigenvalue weighted by molar-refractivity contribution is -0.137. The maximum absolute atomic E-state index is 9.55. The van der Waals surface area contributed by atoms with Crippen molar-refractivity contribution in [3.8, 4) is 0 Å². The second kappa shape index (κ2) is 20.9. The molecule has 0 aliphatic rings. The molecule has 0 aromatic heterocycles. The topological polar surface area (TPSA) is 94.8 Å². The van der Waals surface area contributed by atoms with E-state index in [0.29, 0.717) is 18.1 Å². The molecule has 3 N–H and O–H groups in total. The molecular weight excluding hydrogens is 264 g/mol. The van der Waals surface area contributed by atoms with Crippen LogP contribution in [0.4, 0.5) is 0 Å². The fourth-order valence-corrected chi connectivity index (χ4v) is 0.732. The minimum absolute atomic E-state index is 0.156. The average Bonchev–Trinajstić information content (AvgIpc) is 2.20. The molecule has 17 heavy (non-hydrogen) atoms. The molecule has 0 bridgehead atoms. The highest BCUT2D eigenvalue weighted by Crippen LogP contribution is 1.80. The zero-order valence-corrected chi connectivity index (χ0v) is 11.8. The summed E-state index contributed by atoms with van der Waals surface area (Å²) < 4.78 is 0. The molecule has 0 spiro atoms. The van der Waals surface area contributed by atoms with Crippen LogP contribution in [0.25, 0.3) is 0 Å². The van der Waals surface area contributed by atoms with Crippen LogP contribution in [-0.2, 0) is 9.59 Å². The van der Waals surface area contributed by atoms with E-state index in [1.807, 2.05) is 0 Å². The van der Waals surface area contributed by atoms with Gasteiger partial charge < -0.3 is 15.3 Å². The van der Waals surface area contributed by atoms with E-state index in [4.69, 9.17) is 15.3 Å². The smallest absolute Gasteiger partial charge is 0.304 e. The third-order valence-corrected chi connectivity index (χ3v) is 1.61. The number of unbranched alkanes of at least 4 members (excludes halogenated alkanes) is 1. The van der Waals surface area contributed by atoms with Crippen molar-refractivity contribution in [2.24, 2.45) is 0 Å². The van der Waals surface area contributed by atoms with Crippen molar-refractivity contribution in [3.63, 3.8) is 0 Å². The summed E-state index contributed by atoms with van der Waals surface area (Å²) in [6, 6.07) is 0. The van der Waals surface area contributed by atoms with Crippen LogP contribution in [0.5, 0.6) is 0 Å². The molecule has 104 valence electrons. The van der Waals surface area contributed by atoms with Crippen molar-refractivity contribution in [2.45, 2.75) is 32.6 Å². The molecule has 0 aliphatic heterocycles. The van der Waals surface area contributed by atoms with E-state index < -0.39 is 11.9 Å². The first kappa shape index (κ1) is 21.8. The highest BCUT2D eigenvalue weighted by molar-refractivity contribution is 7.80. The number of rotatable bonds is 6. The van der Waals surface area contributed by atoms with Gasteiger partial charge >= 0.3 is 11.9 Å². The summed E-state index contributed by atoms with van der Waals surface area (Å²) in [5.74, 6) is -0.722. The molecule has 0 radical (unpaired) electrons. The molecule has 0 aromatic rings. The molecule has 0 heterocycles. The van der Waals surface area contributed by atoms with Gasteiger partial charge in [0.15, 0.2) is 0 Å². The van der Waals surface area contributed by atoms with E-state index in [1.54, 1.807) is 0 Å². The first-order valence-electron chi connectivity index (χ1n) is 5.22. The maximum atomic E-state index is 9.55. The zero-order chi connectivity index (χ0) is 14.1. The molecular formula is C10H22O5S2. The molecule has 0 aromatic carbocycles. The van der Waals surface area contributed by atoms with Crippen molar-refractivity contribution in [1.29, 1.82) is 0 Å². The van der Waals surface area contributed by atoms with Crippen LogP contribution < -0.4 is 0 Å². The largest absolute Gasteiger partial charge is 0.481 e. The molecule has 0 saturated heterocycles. The van der Waals surface area contributed by atoms with Crippen LogP contribution in [0.2, 0.25) is 0 Å². The summed E-state index contributed by atoms with van der Waals surface area (Å²) in [4.78, 5) is 19.1. The van der Waals surface area contributed by atoms with E-state index >= 15 is 0 Å². The van der Waals surface area contributed by atoms with Gasteiger partial charge in [-0.05, 0) is 6.42 Å². The van der Waals surface area contributed by atoms with Gasteiger partial charge in [0, 0.05) is 18.1 Å². The lowest BCUT2D eigenvalue weighted by Crippen LogP contribution is -1.93. The molecule has 0 fully saturated rings. The molecule has 0 unspecified atom stereocenters. The van der Waals surface area contributed by atoms with Gasteiger partial charge in [-0.1, -0.05) is 13.3 Å². The first-order valence-corrected chi connectivity index (χ1v) is 6.48. The van der Waals surface area contributed by atoms with Gasteiger partial charge in [0.25, 0.3) is 0 Å². The van der Waals surface area contributed by atoms with Crippen LogP contribution in [0.3, 0.4) is 0 Å². The van der Waals surface area contributed by atoms with Crippen molar-refractivity contribution in [2.75, 3.05) is 18.1 Å². The lowest BCUT2D eigenvalue weighted by atomic mass is 10.4. The molecule has 0 amide bonds. The Hall–Kier alpha value is -0.400. The third-order valence-electron chi connectivity index (χ3n) is 1.16. The number of hydrogen-bond donors (Lipinski definition) is 5. The Balaban J connectivity index is -0.000000174. The molecule has 0 rings (SSSR count). The van der Waals surface area contributed by atoms with Crippen molar-refractivity contribution >= 4 is 37.2 Å². The normalized spacial score (nSPS) is 8.24. The van der Waals surface area contributed by atoms with Gasteiger partial charge in [-0.25, -0.2) is 0 Å². The summed E-state index contributed by atoms with van der Waals surface area (Å²) in [5.41, 5.74) is 0. The Morgan fingerprint density at radius 2 is 1.35 bits per heavy atom. The van der Waals surface area contributed by atoms with Crippen LogP contribution in [0.15, 0.2) is 0 Å². The Morgan fingerprint density at radius 1 is 1.00 bits per heavy atom. The number of hydrogen-bond acceptors (Lipinski definition) is 5. The molecule has 5 nitrogen and oxygen atoms in total. The molecule has 0 aliphatic carbocycles. The number of carboxylic acid groups (broad SMARTS) is 2. The van der Waals surface area contributed by atoms with E-state index in [0.717, 1.165) is 12.8 Å². The minimum atomic E-state index is -0.787. The Labute approximate surface area is 113 Å². The van der Waals surface area contributed by atoms with Gasteiger partial charge in [0.1, 0.15) is 0 Å². The van der Waals surface area contributed by atoms with Crippen molar-refractivity contribution < 1.29 is 24.9 Å². The summed E-state index contributed by atoms with van der Waals surface area (Å²) in [6.07, 6.45) is 2.35. The van der Waals surface area contributed by atoms with Gasteiger partial charge in [-0.2, -0.15) is 25.3 Å². The second-order valence-corrected chi connectivity index (χ2v) is 3.71. The van der Waals surface area contributed by atoms with Crippen molar-refractivity contribution in [3.05, 3.63) is 0 Å². The molecule has 7 heteroatoms. The summed E-state index contributed by atoms with van der Waals surface area (Å²) in [7, 11) is 0. The highest BCUT2D eigenvalue weighted by Gasteiger charge is 1.88. The Bertz CT molecular complexity index is 158. The fourth-order valence-electron chi connectivity index (χ4n) is 0.349. The van der Waals surface area contributed by atoms with E-state index in [1.165, 1.54) is 0 Å². The summed E-state index contributed by atoms with van der Waals surface area (Å²) in [5, 5.41) is 23.8. The van der Waals surface area contributed by atoms with Crippen LogP contribution in [0, 0.1) is 0 Å². The predicted molar refractivity (Wildman–Crippen MR) is 74.2 cm³/mol. The summed E-state index contributed by atoms with van der Waals surface area (Å²) in [6.45, 7) is 2.40. The van der Waals surface area contributed by atoms with Gasteiger partial charge in [0.2, 0.25) is 0 Å². The maximum Gasteiger partial charge on any atom is 0.304 e. The summed E-state index contributed by atoms with van der Waals surface area (Å²) >= 11 is 7.36. The third kappa shape index (κ3) is 50.0. The van der Waals surface area contributed by atoms with Gasteiger partial charge in [-0.3, -0.25) is 9.59 Å². The average molecular weight is 286 g/mol. The number of aliphatic hydroxyl groups is 1. The quantitative estimate of drug-likeness (QED) is 0.478. The highest BCUT2D eigenvalue weighted by atomic mass is 32.1. The molecule has 0 saturated carbocycles. The fraction of sp³-hybridized carbons (Fsp3) is 0.800. The Morgan fingerprint density at radius 3 is 1.35 bits per heavy atom. The van der Waals surface area contributed by atoms with Crippen LogP contribution in [-0.4, -0.2) is 45.4 Å². The van der Waals surface area contributed by atoms with Gasteiger partial charge in [0.05, 0.1) is 12.8 Å². The van der Waals surface area contributed by atoms with Gasteiger partial charge in [-0.15, -0.1) is 0 Å². The number of carbonyl (C=O) groups is 2. The van der Waals surface area contributed by atoms with E-state index in [-0.39, 0.29) is 12.8 Å². The predicted octanol–water partition coefficient (Wildman–Crippen LogP) is 1.56. The number of thiol groups is 2. The second-order valence-electron chi connectivity index (χ2n) is 2.81. The van der Waals surface area contributed by atoms with Crippen LogP contribution >= 0.6 is 25.3 Å². The monoisotopic (exact) mass is 286 g/mol. The zero-order valence-electron chi connectivity index (χ0n) is 10.0. The first-order chi connectivity index (χ1) is 7.95. The van der Waals surface area contributed by atoms with E-state index in [2.05, 4.69) is 32.2 Å². The lowest BCUT2D eigenvalue weighted by Gasteiger charge is -1.79. The van der Waals surface area contributed by atoms with E-state index in [9.17, 15) is 9.59 Å². The number of aliphatic carboxylic acids is 2. The molecule has 0 atom stereocenters. The minimum Gasteiger partial charge on any atom is -0.481 e. The van der Waals surface area contributed by atoms with Crippen molar-refractivity contribution in [1.82, 2.24) is 0 Å². The SMILES string of the molecule is CCCCO.O=C(O)CCS.O=C(O)CCS. The van der Waals surface area contributed by atoms with Crippen LogP contribution in [0.1, 0.15) is 32.6 Å². The Kier molecular flexibility index (Phi) is 26.9. The standard InChI is InChI=1S/C4H10O.2C3H6O2S/c1-2-3-4-5;2*4-3(5)1-2-6/h5H,2-4H2,1H3;2*6H,1-2H2,(H,4,5).